The lowest BCUT2D eigenvalue weighted by atomic mass is 10.1. The number of hydrogen-bond acceptors (Lipinski definition) is 3. The van der Waals surface area contributed by atoms with Gasteiger partial charge in [-0.2, -0.15) is 5.10 Å². The topological polar surface area (TPSA) is 59.8 Å². The van der Waals surface area contributed by atoms with Crippen molar-refractivity contribution in [2.75, 3.05) is 0 Å². The number of pyridine rings is 1. The van der Waals surface area contributed by atoms with E-state index in [2.05, 4.69) is 15.4 Å². The molecule has 7 heteroatoms. The molecule has 2 fully saturated rings. The Morgan fingerprint density at radius 3 is 2.74 bits per heavy atom. The molecule has 0 spiro atoms. The Morgan fingerprint density at radius 2 is 2.13 bits per heavy atom. The summed E-state index contributed by atoms with van der Waals surface area (Å²) >= 11 is 0. The number of fused-ring (bicyclic) bond motifs is 1. The normalized spacial score (nSPS) is 17.9. The van der Waals surface area contributed by atoms with E-state index >= 15 is 0 Å². The number of hydrogen-bond donors (Lipinski definition) is 1. The van der Waals surface area contributed by atoms with Crippen LogP contribution in [-0.4, -0.2) is 26.7 Å². The summed E-state index contributed by atoms with van der Waals surface area (Å²) in [6, 6.07) is 1.77. The van der Waals surface area contributed by atoms with Gasteiger partial charge in [-0.1, -0.05) is 0 Å². The van der Waals surface area contributed by atoms with Crippen molar-refractivity contribution in [3.05, 3.63) is 23.0 Å². The quantitative estimate of drug-likeness (QED) is 0.921. The molecule has 2 aliphatic rings. The number of halogens is 2. The monoisotopic (exact) mass is 320 g/mol. The van der Waals surface area contributed by atoms with Crippen molar-refractivity contribution in [1.29, 1.82) is 0 Å². The minimum atomic E-state index is -2.57. The van der Waals surface area contributed by atoms with Crippen LogP contribution in [0.25, 0.3) is 11.0 Å². The van der Waals surface area contributed by atoms with E-state index in [0.29, 0.717) is 22.4 Å². The smallest absolute Gasteiger partial charge is 0.264 e. The van der Waals surface area contributed by atoms with Crippen LogP contribution >= 0.6 is 0 Å². The largest absolute Gasteiger partial charge is 0.352 e. The predicted molar refractivity (Wildman–Crippen MR) is 80.4 cm³/mol. The fourth-order valence-electron chi connectivity index (χ4n) is 2.91. The molecule has 1 N–H and O–H groups in total. The number of amides is 1. The van der Waals surface area contributed by atoms with Crippen LogP contribution in [0.1, 0.15) is 55.0 Å². The first-order valence-corrected chi connectivity index (χ1v) is 7.98. The van der Waals surface area contributed by atoms with Gasteiger partial charge in [-0.3, -0.25) is 4.79 Å². The number of carbonyl (C=O) groups is 1. The summed E-state index contributed by atoms with van der Waals surface area (Å²) < 4.78 is 28.4. The zero-order valence-electron chi connectivity index (χ0n) is 12.9. The van der Waals surface area contributed by atoms with Gasteiger partial charge in [0, 0.05) is 23.2 Å². The van der Waals surface area contributed by atoms with E-state index in [1.807, 2.05) is 0 Å². The molecule has 0 radical (unpaired) electrons. The van der Waals surface area contributed by atoms with Gasteiger partial charge >= 0.3 is 0 Å². The van der Waals surface area contributed by atoms with Gasteiger partial charge in [0.15, 0.2) is 5.65 Å². The van der Waals surface area contributed by atoms with Crippen LogP contribution < -0.4 is 5.32 Å². The van der Waals surface area contributed by atoms with Crippen LogP contribution in [0.5, 0.6) is 0 Å². The molecule has 0 unspecified atom stereocenters. The van der Waals surface area contributed by atoms with E-state index < -0.39 is 6.43 Å². The van der Waals surface area contributed by atoms with Gasteiger partial charge in [0.05, 0.1) is 11.1 Å². The van der Waals surface area contributed by atoms with E-state index in [0.717, 1.165) is 25.7 Å². The molecule has 1 amide bonds. The van der Waals surface area contributed by atoms with Crippen molar-refractivity contribution in [2.24, 2.45) is 0 Å². The molecule has 2 saturated carbocycles. The summed E-state index contributed by atoms with van der Waals surface area (Å²) in [7, 11) is 0. The Hall–Kier alpha value is -2.05. The van der Waals surface area contributed by atoms with Crippen LogP contribution in [0.15, 0.2) is 6.07 Å². The fourth-order valence-corrected chi connectivity index (χ4v) is 2.91. The van der Waals surface area contributed by atoms with Crippen molar-refractivity contribution < 1.29 is 13.6 Å². The molecule has 2 heterocycles. The highest BCUT2D eigenvalue weighted by Gasteiger charge is 2.29. The molecule has 0 aliphatic heterocycles. The van der Waals surface area contributed by atoms with Gasteiger partial charge in [-0.25, -0.2) is 18.4 Å². The van der Waals surface area contributed by atoms with Gasteiger partial charge in [-0.15, -0.1) is 0 Å². The second-order valence-electron chi connectivity index (χ2n) is 6.49. The summed E-state index contributed by atoms with van der Waals surface area (Å²) in [4.78, 5) is 16.6. The Labute approximate surface area is 132 Å². The maximum absolute atomic E-state index is 13.4. The Kier molecular flexibility index (Phi) is 3.32. The van der Waals surface area contributed by atoms with Gasteiger partial charge in [0.2, 0.25) is 5.91 Å². The maximum Gasteiger partial charge on any atom is 0.264 e. The van der Waals surface area contributed by atoms with Crippen molar-refractivity contribution in [1.82, 2.24) is 20.1 Å². The number of rotatable bonds is 5. The molecule has 23 heavy (non-hydrogen) atoms. The Morgan fingerprint density at radius 1 is 1.39 bits per heavy atom. The van der Waals surface area contributed by atoms with Crippen molar-refractivity contribution in [3.8, 4) is 0 Å². The molecular weight excluding hydrogens is 302 g/mol. The summed E-state index contributed by atoms with van der Waals surface area (Å²) in [5, 5.41) is 7.55. The highest BCUT2D eigenvalue weighted by Crippen LogP contribution is 2.41. The average molecular weight is 320 g/mol. The first kappa shape index (κ1) is 14.5. The van der Waals surface area contributed by atoms with E-state index in [1.54, 1.807) is 6.92 Å². The van der Waals surface area contributed by atoms with E-state index in [4.69, 9.17) is 0 Å². The second kappa shape index (κ2) is 5.25. The molecule has 0 saturated heterocycles. The second-order valence-corrected chi connectivity index (χ2v) is 6.49. The lowest BCUT2D eigenvalue weighted by molar-refractivity contribution is -0.121. The van der Waals surface area contributed by atoms with Crippen LogP contribution in [0.2, 0.25) is 0 Å². The molecule has 2 aromatic rings. The lowest BCUT2D eigenvalue weighted by Crippen LogP contribution is -2.29. The highest BCUT2D eigenvalue weighted by atomic mass is 19.3. The minimum absolute atomic E-state index is 0.0185. The minimum Gasteiger partial charge on any atom is -0.352 e. The summed E-state index contributed by atoms with van der Waals surface area (Å²) in [6.45, 7) is 1.70. The predicted octanol–water partition coefficient (Wildman–Crippen LogP) is 2.83. The van der Waals surface area contributed by atoms with E-state index in [-0.39, 0.29) is 30.0 Å². The molecule has 2 aromatic heterocycles. The number of alkyl halides is 2. The zero-order valence-corrected chi connectivity index (χ0v) is 12.9. The highest BCUT2D eigenvalue weighted by molar-refractivity contribution is 5.85. The van der Waals surface area contributed by atoms with E-state index in [1.165, 1.54) is 10.7 Å². The van der Waals surface area contributed by atoms with Gasteiger partial charge < -0.3 is 5.32 Å². The van der Waals surface area contributed by atoms with Gasteiger partial charge in [-0.05, 0) is 38.7 Å². The number of nitrogens with one attached hydrogen (secondary N) is 1. The van der Waals surface area contributed by atoms with Gasteiger partial charge in [0.1, 0.15) is 6.54 Å². The van der Waals surface area contributed by atoms with Crippen molar-refractivity contribution in [3.63, 3.8) is 0 Å². The van der Waals surface area contributed by atoms with Crippen LogP contribution in [0, 0.1) is 6.92 Å². The molecule has 0 atom stereocenters. The number of carbonyl (C=O) groups excluding carboxylic acids is 1. The molecule has 4 rings (SSSR count). The molecular formula is C16H18F2N4O. The third-order valence-corrected chi connectivity index (χ3v) is 4.39. The molecule has 2 aliphatic carbocycles. The number of aromatic nitrogens is 3. The molecule has 122 valence electrons. The van der Waals surface area contributed by atoms with Gasteiger partial charge in [0.25, 0.3) is 6.43 Å². The third kappa shape index (κ3) is 2.80. The molecule has 0 aromatic carbocycles. The van der Waals surface area contributed by atoms with E-state index in [9.17, 15) is 13.6 Å². The van der Waals surface area contributed by atoms with Crippen LogP contribution in [0.3, 0.4) is 0 Å². The van der Waals surface area contributed by atoms with Crippen molar-refractivity contribution in [2.45, 2.75) is 57.5 Å². The zero-order chi connectivity index (χ0) is 16.1. The summed E-state index contributed by atoms with van der Waals surface area (Å²) in [5.41, 5.74) is 1.55. The number of nitrogens with zero attached hydrogens (tertiary/aromatic N) is 3. The van der Waals surface area contributed by atoms with Crippen LogP contribution in [-0.2, 0) is 11.3 Å². The van der Waals surface area contributed by atoms with Crippen molar-refractivity contribution >= 4 is 16.9 Å². The lowest BCUT2D eigenvalue weighted by Gasteiger charge is -2.08. The Bertz CT molecular complexity index is 778. The first-order valence-electron chi connectivity index (χ1n) is 7.98. The maximum atomic E-state index is 13.4. The SMILES string of the molecule is Cc1nn(CC(=O)NC2CC2)c2nc(C3CC3)cc(C(F)F)c12. The van der Waals surface area contributed by atoms with Crippen LogP contribution in [0.4, 0.5) is 8.78 Å². The number of aryl methyl sites for hydroxylation is 1. The fraction of sp³-hybridized carbons (Fsp3) is 0.562. The standard InChI is InChI=1S/C16H18F2N4O/c1-8-14-11(15(17)18)6-12(9-2-3-9)20-16(14)22(21-8)7-13(23)19-10-4-5-10/h6,9-10,15H,2-5,7H2,1H3,(H,19,23). The molecule has 5 nitrogen and oxygen atoms in total. The third-order valence-electron chi connectivity index (χ3n) is 4.39. The average Bonchev–Trinajstić information content (AvgIpc) is 3.39. The first-order chi connectivity index (χ1) is 11.0. The summed E-state index contributed by atoms with van der Waals surface area (Å²) in [6.07, 6.45) is 1.40. The molecule has 0 bridgehead atoms. The summed E-state index contributed by atoms with van der Waals surface area (Å²) in [5.74, 6) is 0.120. The Balaban J connectivity index is 1.76.